The molecule has 3 heteroatoms. The predicted molar refractivity (Wildman–Crippen MR) is 132 cm³/mol. The van der Waals surface area contributed by atoms with Gasteiger partial charge in [0.15, 0.2) is 0 Å². The highest BCUT2D eigenvalue weighted by atomic mass is 16.3. The number of benzene rings is 4. The molecule has 0 aliphatic heterocycles. The number of nitrogens with zero attached hydrogens (tertiary/aromatic N) is 2. The third-order valence-electron chi connectivity index (χ3n) is 6.80. The number of pyridine rings is 1. The fourth-order valence-corrected chi connectivity index (χ4v) is 5.59. The van der Waals surface area contributed by atoms with E-state index < -0.39 is 0 Å². The summed E-state index contributed by atoms with van der Waals surface area (Å²) in [6, 6.07) is 32.0. The van der Waals surface area contributed by atoms with Crippen LogP contribution in [0.4, 0.5) is 0 Å². The molecule has 0 unspecified atom stereocenters. The van der Waals surface area contributed by atoms with Crippen molar-refractivity contribution >= 4 is 65.3 Å². The summed E-state index contributed by atoms with van der Waals surface area (Å²) in [5.41, 5.74) is 4.16. The van der Waals surface area contributed by atoms with E-state index in [2.05, 4.69) is 83.4 Å². The molecule has 0 aliphatic carbocycles. The fraction of sp³-hybridized carbons (Fsp3) is 0. The molecule has 8 rings (SSSR count). The molecule has 0 saturated carbocycles. The van der Waals surface area contributed by atoms with Crippen LogP contribution in [0.2, 0.25) is 0 Å². The minimum Gasteiger partial charge on any atom is -0.456 e. The van der Waals surface area contributed by atoms with Crippen LogP contribution < -0.4 is 0 Å². The molecule has 5 aromatic carbocycles. The van der Waals surface area contributed by atoms with Gasteiger partial charge in [-0.05, 0) is 57.9 Å². The van der Waals surface area contributed by atoms with Gasteiger partial charge in [-0.2, -0.15) is 0 Å². The van der Waals surface area contributed by atoms with Crippen molar-refractivity contribution in [1.82, 2.24) is 9.55 Å². The summed E-state index contributed by atoms with van der Waals surface area (Å²) in [5.74, 6) is 0.921. The molecule has 0 aliphatic rings. The maximum Gasteiger partial charge on any atom is 0.137 e. The first-order valence-corrected chi connectivity index (χ1v) is 10.8. The molecule has 0 bridgehead atoms. The Balaban J connectivity index is 1.83. The average Bonchev–Trinajstić information content (AvgIpc) is 3.39. The third-order valence-corrected chi connectivity index (χ3v) is 6.80. The summed E-state index contributed by atoms with van der Waals surface area (Å²) in [4.78, 5) is 4.70. The van der Waals surface area contributed by atoms with Gasteiger partial charge in [-0.3, -0.25) is 4.57 Å². The first-order chi connectivity index (χ1) is 15.9. The predicted octanol–water partition coefficient (Wildman–Crippen LogP) is 7.82. The van der Waals surface area contributed by atoms with Gasteiger partial charge >= 0.3 is 0 Å². The van der Waals surface area contributed by atoms with Crippen LogP contribution in [0.1, 0.15) is 0 Å². The van der Waals surface area contributed by atoms with E-state index in [9.17, 15) is 0 Å². The molecule has 0 radical (unpaired) electrons. The Morgan fingerprint density at radius 3 is 2.00 bits per heavy atom. The number of hydrogen-bond acceptors (Lipinski definition) is 2. The highest BCUT2D eigenvalue weighted by Crippen LogP contribution is 2.46. The molecule has 148 valence electrons. The third kappa shape index (κ3) is 1.85. The highest BCUT2D eigenvalue weighted by molar-refractivity contribution is 6.38. The second-order valence-electron chi connectivity index (χ2n) is 8.38. The second-order valence-corrected chi connectivity index (χ2v) is 8.38. The molecule has 32 heavy (non-hydrogen) atoms. The van der Waals surface area contributed by atoms with Gasteiger partial charge in [-0.15, -0.1) is 0 Å². The molecule has 0 saturated heterocycles. The topological polar surface area (TPSA) is 31.0 Å². The van der Waals surface area contributed by atoms with Gasteiger partial charge < -0.3 is 4.42 Å². The van der Waals surface area contributed by atoms with Crippen molar-refractivity contribution in [1.29, 1.82) is 0 Å². The normalized spacial score (nSPS) is 12.4. The van der Waals surface area contributed by atoms with Crippen molar-refractivity contribution in [2.75, 3.05) is 0 Å². The lowest BCUT2D eigenvalue weighted by atomic mass is 9.95. The zero-order valence-corrected chi connectivity index (χ0v) is 17.0. The van der Waals surface area contributed by atoms with Crippen LogP contribution in [0.3, 0.4) is 0 Å². The molecular weight excluding hydrogens is 392 g/mol. The molecule has 0 spiro atoms. The van der Waals surface area contributed by atoms with Crippen LogP contribution in [-0.4, -0.2) is 9.55 Å². The van der Waals surface area contributed by atoms with Crippen molar-refractivity contribution in [3.8, 4) is 5.82 Å². The van der Waals surface area contributed by atoms with Gasteiger partial charge in [0.2, 0.25) is 0 Å². The maximum absolute atomic E-state index is 6.38. The summed E-state index contributed by atoms with van der Waals surface area (Å²) in [7, 11) is 0. The lowest BCUT2D eigenvalue weighted by Gasteiger charge is -2.07. The van der Waals surface area contributed by atoms with Gasteiger partial charge in [0.1, 0.15) is 17.0 Å². The average molecular weight is 408 g/mol. The maximum atomic E-state index is 6.38. The molecule has 0 amide bonds. The van der Waals surface area contributed by atoms with Crippen molar-refractivity contribution in [3.63, 3.8) is 0 Å². The van der Waals surface area contributed by atoms with Gasteiger partial charge in [-0.25, -0.2) is 4.98 Å². The smallest absolute Gasteiger partial charge is 0.137 e. The molecule has 0 fully saturated rings. The Bertz CT molecular complexity index is 1980. The minimum absolute atomic E-state index is 0.921. The number of rotatable bonds is 1. The van der Waals surface area contributed by atoms with Gasteiger partial charge in [0.05, 0.1) is 11.0 Å². The van der Waals surface area contributed by atoms with E-state index in [0.29, 0.717) is 0 Å². The quantitative estimate of drug-likeness (QED) is 0.277. The first-order valence-electron chi connectivity index (χ1n) is 10.8. The van der Waals surface area contributed by atoms with Gasteiger partial charge in [0.25, 0.3) is 0 Å². The van der Waals surface area contributed by atoms with Crippen LogP contribution in [-0.2, 0) is 0 Å². The second kappa shape index (κ2) is 5.65. The zero-order chi connectivity index (χ0) is 20.8. The first kappa shape index (κ1) is 16.3. The van der Waals surface area contributed by atoms with E-state index in [4.69, 9.17) is 9.40 Å². The van der Waals surface area contributed by atoms with E-state index >= 15 is 0 Å². The lowest BCUT2D eigenvalue weighted by Crippen LogP contribution is -1.95. The Hall–Kier alpha value is -4.37. The van der Waals surface area contributed by atoms with Crippen LogP contribution in [0.25, 0.3) is 71.1 Å². The molecule has 3 heterocycles. The zero-order valence-electron chi connectivity index (χ0n) is 17.0. The van der Waals surface area contributed by atoms with Gasteiger partial charge in [0, 0.05) is 27.7 Å². The highest BCUT2D eigenvalue weighted by Gasteiger charge is 2.22. The van der Waals surface area contributed by atoms with Crippen molar-refractivity contribution < 1.29 is 4.42 Å². The van der Waals surface area contributed by atoms with E-state index in [0.717, 1.165) is 28.0 Å². The fourth-order valence-electron chi connectivity index (χ4n) is 5.59. The van der Waals surface area contributed by atoms with Crippen LogP contribution in [0.15, 0.2) is 102 Å². The van der Waals surface area contributed by atoms with Crippen LogP contribution >= 0.6 is 0 Å². The summed E-state index contributed by atoms with van der Waals surface area (Å²) < 4.78 is 8.66. The molecule has 0 atom stereocenters. The standard InChI is InChI=1S/C29H16N2O/c1-2-8-18-17(7-1)19-9-5-11-21-26(19)28-22(31(21)25-13-3-4-16-30-25)14-15-24-29(28)27-20(18)10-6-12-23(27)32-24/h1-16H. The van der Waals surface area contributed by atoms with E-state index in [1.54, 1.807) is 0 Å². The van der Waals surface area contributed by atoms with E-state index in [1.807, 2.05) is 18.3 Å². The largest absolute Gasteiger partial charge is 0.456 e. The Labute approximate surface area is 182 Å². The van der Waals surface area contributed by atoms with Crippen LogP contribution in [0.5, 0.6) is 0 Å². The number of fused-ring (bicyclic) bond motifs is 3. The molecular formula is C29H16N2O. The van der Waals surface area contributed by atoms with E-state index in [1.165, 1.54) is 43.1 Å². The number of furan rings is 1. The van der Waals surface area contributed by atoms with Crippen molar-refractivity contribution in [2.45, 2.75) is 0 Å². The number of aromatic nitrogens is 2. The Morgan fingerprint density at radius 2 is 1.19 bits per heavy atom. The SMILES string of the molecule is c1ccc(-n2c3cccc4c5ccccc5c5cccc6oc7ccc2c(c7c65)c43)nc1. The number of hydrogen-bond donors (Lipinski definition) is 0. The molecule has 3 nitrogen and oxygen atoms in total. The monoisotopic (exact) mass is 408 g/mol. The molecule has 0 N–H and O–H groups in total. The Kier molecular flexibility index (Phi) is 2.89. The summed E-state index contributed by atoms with van der Waals surface area (Å²) >= 11 is 0. The van der Waals surface area contributed by atoms with Crippen LogP contribution in [0, 0.1) is 0 Å². The lowest BCUT2D eigenvalue weighted by molar-refractivity contribution is 0.669. The minimum atomic E-state index is 0.921. The summed E-state index contributed by atoms with van der Waals surface area (Å²) in [6.07, 6.45) is 1.86. The van der Waals surface area contributed by atoms with Gasteiger partial charge in [-0.1, -0.05) is 54.6 Å². The molecule has 8 aromatic rings. The summed E-state index contributed by atoms with van der Waals surface area (Å²) in [6.45, 7) is 0. The van der Waals surface area contributed by atoms with Crippen molar-refractivity contribution in [3.05, 3.63) is 97.2 Å². The molecule has 3 aromatic heterocycles. The summed E-state index contributed by atoms with van der Waals surface area (Å²) in [5, 5.41) is 9.82. The van der Waals surface area contributed by atoms with Crippen molar-refractivity contribution in [2.24, 2.45) is 0 Å². The van der Waals surface area contributed by atoms with E-state index in [-0.39, 0.29) is 0 Å². The Morgan fingerprint density at radius 1 is 0.500 bits per heavy atom.